The molecule has 1 aromatic carbocycles. The average molecular weight is 244 g/mol. The molecule has 0 aliphatic carbocycles. The van der Waals surface area contributed by atoms with Crippen LogP contribution in [0.25, 0.3) is 10.8 Å². The Labute approximate surface area is 106 Å². The summed E-state index contributed by atoms with van der Waals surface area (Å²) in [5.74, 6) is -0.817. The molecule has 0 saturated carbocycles. The molecule has 4 nitrogen and oxygen atoms in total. The third-order valence-corrected chi connectivity index (χ3v) is 2.94. The van der Waals surface area contributed by atoms with Gasteiger partial charge in [0, 0.05) is 17.8 Å². The van der Waals surface area contributed by atoms with Gasteiger partial charge in [-0.2, -0.15) is 0 Å². The van der Waals surface area contributed by atoms with Crippen molar-refractivity contribution in [2.45, 2.75) is 19.4 Å². The molecule has 0 aliphatic rings. The molecule has 2 aromatic rings. The van der Waals surface area contributed by atoms with Crippen LogP contribution in [-0.4, -0.2) is 28.6 Å². The lowest BCUT2D eigenvalue weighted by Gasteiger charge is -2.14. The fraction of sp³-hybridized carbons (Fsp3) is 0.286. The maximum atomic E-state index is 11.2. The summed E-state index contributed by atoms with van der Waals surface area (Å²) in [4.78, 5) is 15.2. The third-order valence-electron chi connectivity index (χ3n) is 2.94. The van der Waals surface area contributed by atoms with Gasteiger partial charge in [-0.15, -0.1) is 0 Å². The number of fused-ring (bicyclic) bond motifs is 1. The van der Waals surface area contributed by atoms with Gasteiger partial charge in [0.1, 0.15) is 6.04 Å². The van der Waals surface area contributed by atoms with Crippen molar-refractivity contribution in [1.82, 2.24) is 10.3 Å². The number of hydrogen-bond acceptors (Lipinski definition) is 3. The molecule has 0 amide bonds. The Hall–Kier alpha value is -1.94. The first-order chi connectivity index (χ1) is 8.72. The maximum absolute atomic E-state index is 11.2. The van der Waals surface area contributed by atoms with E-state index < -0.39 is 12.0 Å². The van der Waals surface area contributed by atoms with Crippen molar-refractivity contribution in [1.29, 1.82) is 0 Å². The number of benzene rings is 1. The van der Waals surface area contributed by atoms with Gasteiger partial charge in [-0.25, -0.2) is 0 Å². The minimum atomic E-state index is -0.817. The normalized spacial score (nSPS) is 12.5. The van der Waals surface area contributed by atoms with Crippen LogP contribution in [-0.2, 0) is 11.2 Å². The van der Waals surface area contributed by atoms with Crippen LogP contribution < -0.4 is 5.32 Å². The second kappa shape index (κ2) is 5.60. The van der Waals surface area contributed by atoms with Crippen molar-refractivity contribution in [3.05, 3.63) is 42.2 Å². The summed E-state index contributed by atoms with van der Waals surface area (Å²) < 4.78 is 0. The highest BCUT2D eigenvalue weighted by atomic mass is 16.4. The van der Waals surface area contributed by atoms with Gasteiger partial charge in [0.2, 0.25) is 0 Å². The first-order valence-corrected chi connectivity index (χ1v) is 6.00. The lowest BCUT2D eigenvalue weighted by molar-refractivity contribution is -0.139. The van der Waals surface area contributed by atoms with Gasteiger partial charge in [0.25, 0.3) is 0 Å². The molecule has 1 atom stereocenters. The second-order valence-electron chi connectivity index (χ2n) is 4.17. The quantitative estimate of drug-likeness (QED) is 0.842. The first kappa shape index (κ1) is 12.5. The number of carboxylic acid groups (broad SMARTS) is 1. The molecule has 0 bridgehead atoms. The number of hydrogen-bond donors (Lipinski definition) is 2. The number of nitrogens with zero attached hydrogens (tertiary/aromatic N) is 1. The molecule has 0 radical (unpaired) electrons. The van der Waals surface area contributed by atoms with Crippen LogP contribution in [0.5, 0.6) is 0 Å². The van der Waals surface area contributed by atoms with Crippen molar-refractivity contribution >= 4 is 16.7 Å². The molecule has 18 heavy (non-hydrogen) atoms. The Balaban J connectivity index is 2.33. The summed E-state index contributed by atoms with van der Waals surface area (Å²) >= 11 is 0. The van der Waals surface area contributed by atoms with E-state index >= 15 is 0 Å². The topological polar surface area (TPSA) is 62.2 Å². The fourth-order valence-corrected chi connectivity index (χ4v) is 2.08. The predicted molar refractivity (Wildman–Crippen MR) is 70.5 cm³/mol. The molecule has 0 fully saturated rings. The molecule has 0 spiro atoms. The molecular formula is C14H16N2O2. The molecule has 0 aliphatic heterocycles. The Kier molecular flexibility index (Phi) is 3.89. The van der Waals surface area contributed by atoms with E-state index in [4.69, 9.17) is 5.11 Å². The summed E-state index contributed by atoms with van der Waals surface area (Å²) in [6, 6.07) is 7.26. The third kappa shape index (κ3) is 2.65. The smallest absolute Gasteiger partial charge is 0.321 e. The van der Waals surface area contributed by atoms with Gasteiger partial charge in [-0.05, 0) is 30.0 Å². The number of rotatable bonds is 5. The van der Waals surface area contributed by atoms with Crippen LogP contribution in [0.3, 0.4) is 0 Å². The lowest BCUT2D eigenvalue weighted by atomic mass is 10.00. The number of pyridine rings is 1. The van der Waals surface area contributed by atoms with E-state index in [1.54, 1.807) is 12.4 Å². The van der Waals surface area contributed by atoms with E-state index in [0.29, 0.717) is 13.0 Å². The molecule has 4 heteroatoms. The Morgan fingerprint density at radius 2 is 2.28 bits per heavy atom. The predicted octanol–water partition coefficient (Wildman–Crippen LogP) is 1.84. The lowest BCUT2D eigenvalue weighted by Crippen LogP contribution is -2.38. The molecule has 2 rings (SSSR count). The van der Waals surface area contributed by atoms with Gasteiger partial charge < -0.3 is 10.4 Å². The monoisotopic (exact) mass is 244 g/mol. The van der Waals surface area contributed by atoms with Crippen LogP contribution in [0.2, 0.25) is 0 Å². The molecule has 1 heterocycles. The summed E-state index contributed by atoms with van der Waals surface area (Å²) in [5.41, 5.74) is 1.03. The minimum absolute atomic E-state index is 0.477. The Morgan fingerprint density at radius 1 is 1.44 bits per heavy atom. The molecule has 94 valence electrons. The minimum Gasteiger partial charge on any atom is -0.480 e. The number of carbonyl (C=O) groups is 1. The van der Waals surface area contributed by atoms with Crippen molar-refractivity contribution in [3.63, 3.8) is 0 Å². The molecule has 2 N–H and O–H groups in total. The van der Waals surface area contributed by atoms with E-state index in [1.807, 2.05) is 31.2 Å². The van der Waals surface area contributed by atoms with Crippen LogP contribution in [0, 0.1) is 0 Å². The molecular weight excluding hydrogens is 228 g/mol. The summed E-state index contributed by atoms with van der Waals surface area (Å²) in [5, 5.41) is 14.2. The second-order valence-corrected chi connectivity index (χ2v) is 4.17. The standard InChI is InChI=1S/C14H16N2O2/c1-2-16-13(14(17)18)8-10-4-3-5-11-9-15-7-6-12(10)11/h3-7,9,13,16H,2,8H2,1H3,(H,17,18). The van der Waals surface area contributed by atoms with Crippen molar-refractivity contribution in [3.8, 4) is 0 Å². The molecule has 0 saturated heterocycles. The van der Waals surface area contributed by atoms with E-state index in [-0.39, 0.29) is 0 Å². The molecule has 1 unspecified atom stereocenters. The van der Waals surface area contributed by atoms with E-state index in [0.717, 1.165) is 16.3 Å². The summed E-state index contributed by atoms with van der Waals surface area (Å²) in [6.45, 7) is 2.55. The highest BCUT2D eigenvalue weighted by Crippen LogP contribution is 2.18. The van der Waals surface area contributed by atoms with Crippen molar-refractivity contribution < 1.29 is 9.90 Å². The number of aromatic nitrogens is 1. The first-order valence-electron chi connectivity index (χ1n) is 6.00. The highest BCUT2D eigenvalue weighted by Gasteiger charge is 2.17. The zero-order chi connectivity index (χ0) is 13.0. The van der Waals surface area contributed by atoms with Gasteiger partial charge in [-0.1, -0.05) is 25.1 Å². The number of carboxylic acids is 1. The number of likely N-dealkylation sites (N-methyl/N-ethyl adjacent to an activating group) is 1. The van der Waals surface area contributed by atoms with Crippen LogP contribution in [0.15, 0.2) is 36.7 Å². The van der Waals surface area contributed by atoms with Crippen molar-refractivity contribution in [2.24, 2.45) is 0 Å². The van der Waals surface area contributed by atoms with Gasteiger partial charge >= 0.3 is 5.97 Å². The van der Waals surface area contributed by atoms with Gasteiger partial charge in [0.05, 0.1) is 0 Å². The number of nitrogens with one attached hydrogen (secondary N) is 1. The highest BCUT2D eigenvalue weighted by molar-refractivity contribution is 5.85. The van der Waals surface area contributed by atoms with Gasteiger partial charge in [-0.3, -0.25) is 9.78 Å². The summed E-state index contributed by atoms with van der Waals surface area (Å²) in [6.07, 6.45) is 4.00. The van der Waals surface area contributed by atoms with Crippen LogP contribution >= 0.6 is 0 Å². The van der Waals surface area contributed by atoms with E-state index in [2.05, 4.69) is 10.3 Å². The summed E-state index contributed by atoms with van der Waals surface area (Å²) in [7, 11) is 0. The maximum Gasteiger partial charge on any atom is 0.321 e. The average Bonchev–Trinajstić information content (AvgIpc) is 2.38. The number of aliphatic carboxylic acids is 1. The van der Waals surface area contributed by atoms with Gasteiger partial charge in [0.15, 0.2) is 0 Å². The zero-order valence-electron chi connectivity index (χ0n) is 10.3. The Morgan fingerprint density at radius 3 is 3.00 bits per heavy atom. The largest absolute Gasteiger partial charge is 0.480 e. The fourth-order valence-electron chi connectivity index (χ4n) is 2.08. The van der Waals surface area contributed by atoms with E-state index in [1.165, 1.54) is 0 Å². The Bertz CT molecular complexity index is 549. The zero-order valence-corrected chi connectivity index (χ0v) is 10.3. The van der Waals surface area contributed by atoms with Crippen LogP contribution in [0.1, 0.15) is 12.5 Å². The van der Waals surface area contributed by atoms with Crippen LogP contribution in [0.4, 0.5) is 0 Å². The molecule has 1 aromatic heterocycles. The van der Waals surface area contributed by atoms with E-state index in [9.17, 15) is 4.79 Å². The van der Waals surface area contributed by atoms with Crippen molar-refractivity contribution in [2.75, 3.05) is 6.54 Å². The SMILES string of the molecule is CCNC(Cc1cccc2cnccc12)C(=O)O.